The van der Waals surface area contributed by atoms with Crippen molar-refractivity contribution in [2.24, 2.45) is 0 Å². The number of aromatic amines is 1. The maximum atomic E-state index is 12.8. The lowest BCUT2D eigenvalue weighted by atomic mass is 10.1. The number of thiophene rings is 1. The molecule has 8 heteroatoms. The van der Waals surface area contributed by atoms with E-state index in [1.165, 1.54) is 11.3 Å². The van der Waals surface area contributed by atoms with Crippen LogP contribution in [0.3, 0.4) is 0 Å². The highest BCUT2D eigenvalue weighted by atomic mass is 35.5. The number of piperazine rings is 1. The second-order valence-electron chi connectivity index (χ2n) is 7.34. The lowest BCUT2D eigenvalue weighted by molar-refractivity contribution is 0.413. The van der Waals surface area contributed by atoms with Gasteiger partial charge in [0.2, 0.25) is 5.95 Å². The van der Waals surface area contributed by atoms with E-state index in [0.29, 0.717) is 21.2 Å². The van der Waals surface area contributed by atoms with E-state index in [2.05, 4.69) is 20.9 Å². The van der Waals surface area contributed by atoms with Crippen molar-refractivity contribution in [2.45, 2.75) is 0 Å². The van der Waals surface area contributed by atoms with Crippen LogP contribution in [0.5, 0.6) is 5.75 Å². The molecular weight excluding hydrogens is 432 g/mol. The van der Waals surface area contributed by atoms with Crippen molar-refractivity contribution in [3.8, 4) is 16.9 Å². The molecule has 0 radical (unpaired) electrons. The van der Waals surface area contributed by atoms with Crippen molar-refractivity contribution in [1.29, 1.82) is 0 Å². The Morgan fingerprint density at radius 2 is 1.71 bits per heavy atom. The number of nitrogens with one attached hydrogen (secondary N) is 1. The molecule has 0 saturated carbocycles. The number of nitrogens with zero attached hydrogens (tertiary/aromatic N) is 3. The molecule has 2 aromatic heterocycles. The van der Waals surface area contributed by atoms with E-state index >= 15 is 0 Å². The average Bonchev–Trinajstić information content (AvgIpc) is 3.24. The molecule has 1 aliphatic heterocycles. The maximum Gasteiger partial charge on any atom is 0.270 e. The highest BCUT2D eigenvalue weighted by molar-refractivity contribution is 7.17. The minimum Gasteiger partial charge on any atom is -0.495 e. The van der Waals surface area contributed by atoms with Crippen LogP contribution >= 0.6 is 22.9 Å². The summed E-state index contributed by atoms with van der Waals surface area (Å²) < 4.78 is 6.12. The molecule has 0 atom stereocenters. The normalized spacial score (nSPS) is 14.3. The van der Waals surface area contributed by atoms with Gasteiger partial charge in [0, 0.05) is 47.7 Å². The highest BCUT2D eigenvalue weighted by Gasteiger charge is 2.22. The van der Waals surface area contributed by atoms with Crippen LogP contribution in [0.25, 0.3) is 21.3 Å². The van der Waals surface area contributed by atoms with Gasteiger partial charge in [-0.2, -0.15) is 0 Å². The number of benzene rings is 2. The fraction of sp³-hybridized carbons (Fsp3) is 0.217. The zero-order chi connectivity index (χ0) is 21.4. The van der Waals surface area contributed by atoms with Crippen LogP contribution < -0.4 is 20.1 Å². The van der Waals surface area contributed by atoms with E-state index < -0.39 is 0 Å². The molecule has 5 rings (SSSR count). The van der Waals surface area contributed by atoms with Crippen LogP contribution in [-0.2, 0) is 0 Å². The summed E-state index contributed by atoms with van der Waals surface area (Å²) in [5.41, 5.74) is 3.45. The topological polar surface area (TPSA) is 61.5 Å². The monoisotopic (exact) mass is 452 g/mol. The summed E-state index contributed by atoms with van der Waals surface area (Å²) in [6.45, 7) is 3.11. The molecule has 0 unspecified atom stereocenters. The smallest absolute Gasteiger partial charge is 0.270 e. The van der Waals surface area contributed by atoms with Crippen molar-refractivity contribution in [1.82, 2.24) is 9.97 Å². The number of aromatic nitrogens is 2. The third-order valence-corrected chi connectivity index (χ3v) is 6.88. The van der Waals surface area contributed by atoms with Crippen LogP contribution in [0.15, 0.2) is 58.7 Å². The molecule has 31 heavy (non-hydrogen) atoms. The molecule has 1 saturated heterocycles. The SMILES string of the molecule is COc1ccccc1N1CCN(c2nc3c(-c4ccccc4Cl)csc3c(=O)[nH]2)CC1. The molecule has 2 aromatic carbocycles. The Kier molecular flexibility index (Phi) is 5.29. The summed E-state index contributed by atoms with van der Waals surface area (Å²) in [5, 5.41) is 2.61. The van der Waals surface area contributed by atoms with Crippen LogP contribution in [0.2, 0.25) is 5.02 Å². The van der Waals surface area contributed by atoms with E-state index in [1.54, 1.807) is 7.11 Å². The highest BCUT2D eigenvalue weighted by Crippen LogP contribution is 2.36. The van der Waals surface area contributed by atoms with E-state index in [9.17, 15) is 4.79 Å². The van der Waals surface area contributed by atoms with Gasteiger partial charge >= 0.3 is 0 Å². The van der Waals surface area contributed by atoms with Gasteiger partial charge in [-0.1, -0.05) is 41.9 Å². The van der Waals surface area contributed by atoms with Crippen molar-refractivity contribution in [3.05, 3.63) is 69.3 Å². The Hall–Kier alpha value is -3.03. The Morgan fingerprint density at radius 1 is 1.00 bits per heavy atom. The molecule has 1 aliphatic rings. The van der Waals surface area contributed by atoms with Gasteiger partial charge in [0.05, 0.1) is 18.3 Å². The minimum absolute atomic E-state index is 0.115. The predicted molar refractivity (Wildman–Crippen MR) is 128 cm³/mol. The summed E-state index contributed by atoms with van der Waals surface area (Å²) in [4.78, 5) is 25.0. The first kappa shape index (κ1) is 19.9. The van der Waals surface area contributed by atoms with Gasteiger partial charge in [-0.3, -0.25) is 9.78 Å². The molecule has 0 spiro atoms. The largest absolute Gasteiger partial charge is 0.495 e. The molecule has 0 bridgehead atoms. The average molecular weight is 453 g/mol. The quantitative estimate of drug-likeness (QED) is 0.488. The number of H-pyrrole nitrogens is 1. The summed E-state index contributed by atoms with van der Waals surface area (Å²) >= 11 is 7.80. The van der Waals surface area contributed by atoms with Gasteiger partial charge in [-0.25, -0.2) is 4.98 Å². The summed E-state index contributed by atoms with van der Waals surface area (Å²) in [6.07, 6.45) is 0. The fourth-order valence-electron chi connectivity index (χ4n) is 3.99. The van der Waals surface area contributed by atoms with Crippen molar-refractivity contribution in [3.63, 3.8) is 0 Å². The molecule has 3 heterocycles. The van der Waals surface area contributed by atoms with Crippen molar-refractivity contribution in [2.75, 3.05) is 43.1 Å². The maximum absolute atomic E-state index is 12.8. The number of anilines is 2. The van der Waals surface area contributed by atoms with Crippen LogP contribution in [-0.4, -0.2) is 43.3 Å². The standard InChI is InChI=1S/C23H21ClN4O2S/c1-30-19-9-5-4-8-18(19)27-10-12-28(13-11-27)23-25-20-16(14-31-21(20)22(29)26-23)15-6-2-3-7-17(15)24/h2-9,14H,10-13H2,1H3,(H,25,26,29). The number of hydrogen-bond acceptors (Lipinski definition) is 6. The molecular formula is C23H21ClN4O2S. The van der Waals surface area contributed by atoms with Crippen LogP contribution in [0, 0.1) is 0 Å². The first-order valence-electron chi connectivity index (χ1n) is 10.0. The van der Waals surface area contributed by atoms with E-state index in [0.717, 1.165) is 48.7 Å². The third-order valence-electron chi connectivity index (χ3n) is 5.58. The summed E-state index contributed by atoms with van der Waals surface area (Å²) in [5.74, 6) is 1.47. The zero-order valence-corrected chi connectivity index (χ0v) is 18.5. The molecule has 1 N–H and O–H groups in total. The second-order valence-corrected chi connectivity index (χ2v) is 8.63. The summed E-state index contributed by atoms with van der Waals surface area (Å²) in [6, 6.07) is 15.7. The Morgan fingerprint density at radius 3 is 2.48 bits per heavy atom. The van der Waals surface area contributed by atoms with Gasteiger partial charge in [0.25, 0.3) is 5.56 Å². The minimum atomic E-state index is -0.115. The number of rotatable bonds is 4. The van der Waals surface area contributed by atoms with Gasteiger partial charge in [-0.15, -0.1) is 11.3 Å². The van der Waals surface area contributed by atoms with Gasteiger partial charge in [-0.05, 0) is 18.2 Å². The van der Waals surface area contributed by atoms with Crippen LogP contribution in [0.4, 0.5) is 11.6 Å². The van der Waals surface area contributed by atoms with Crippen LogP contribution in [0.1, 0.15) is 0 Å². The lowest BCUT2D eigenvalue weighted by Crippen LogP contribution is -2.47. The fourth-order valence-corrected chi connectivity index (χ4v) is 5.12. The first-order chi connectivity index (χ1) is 15.2. The molecule has 4 aromatic rings. The van der Waals surface area contributed by atoms with Gasteiger partial charge in [0.15, 0.2) is 0 Å². The number of methoxy groups -OCH3 is 1. The Bertz CT molecular complexity index is 1290. The molecule has 0 aliphatic carbocycles. The number of hydrogen-bond donors (Lipinski definition) is 1. The van der Waals surface area contributed by atoms with Crippen molar-refractivity contribution >= 4 is 44.8 Å². The van der Waals surface area contributed by atoms with Gasteiger partial charge < -0.3 is 14.5 Å². The lowest BCUT2D eigenvalue weighted by Gasteiger charge is -2.36. The summed E-state index contributed by atoms with van der Waals surface area (Å²) in [7, 11) is 1.69. The van der Waals surface area contributed by atoms with E-state index in [-0.39, 0.29) is 5.56 Å². The number of para-hydroxylation sites is 2. The van der Waals surface area contributed by atoms with Crippen molar-refractivity contribution < 1.29 is 4.74 Å². The number of halogens is 1. The second kappa shape index (κ2) is 8.24. The molecule has 0 amide bonds. The Balaban J connectivity index is 1.45. The molecule has 6 nitrogen and oxygen atoms in total. The number of fused-ring (bicyclic) bond motifs is 1. The van der Waals surface area contributed by atoms with E-state index in [4.69, 9.17) is 21.3 Å². The first-order valence-corrected chi connectivity index (χ1v) is 11.3. The van der Waals surface area contributed by atoms with E-state index in [1.807, 2.05) is 47.8 Å². The van der Waals surface area contributed by atoms with Gasteiger partial charge in [0.1, 0.15) is 10.4 Å². The zero-order valence-electron chi connectivity index (χ0n) is 17.0. The Labute approximate surface area is 188 Å². The third kappa shape index (κ3) is 3.64. The molecule has 158 valence electrons. The number of ether oxygens (including phenoxy) is 1. The molecule has 1 fully saturated rings. The predicted octanol–water partition coefficient (Wildman–Crippen LogP) is 4.64.